The van der Waals surface area contributed by atoms with E-state index >= 15 is 0 Å². The standard InChI is InChI=1S/C19H23N5O2/c1-13(2)11-14-12-17(26-22-14)19(25)23-9-4-3-5-16(23)15-7-10-24-18(21-15)6-8-20-24/h6-8,10,12-13,16H,3-5,9,11H2,1-2H3. The summed E-state index contributed by atoms with van der Waals surface area (Å²) in [6.45, 7) is 4.94. The normalized spacial score (nSPS) is 18.0. The first-order chi connectivity index (χ1) is 12.6. The van der Waals surface area contributed by atoms with Crippen LogP contribution < -0.4 is 0 Å². The van der Waals surface area contributed by atoms with E-state index in [9.17, 15) is 4.79 Å². The Balaban J connectivity index is 1.60. The Hall–Kier alpha value is -2.70. The van der Waals surface area contributed by atoms with Crippen LogP contribution >= 0.6 is 0 Å². The second-order valence-electron chi connectivity index (χ2n) is 7.28. The van der Waals surface area contributed by atoms with Gasteiger partial charge in [0.15, 0.2) is 5.65 Å². The molecule has 1 unspecified atom stereocenters. The number of rotatable bonds is 4. The molecule has 136 valence electrons. The summed E-state index contributed by atoms with van der Waals surface area (Å²) in [5, 5.41) is 8.24. The molecule has 7 heteroatoms. The Kier molecular flexibility index (Phi) is 4.44. The van der Waals surface area contributed by atoms with Gasteiger partial charge in [0.2, 0.25) is 5.76 Å². The highest BCUT2D eigenvalue weighted by Gasteiger charge is 2.31. The van der Waals surface area contributed by atoms with Gasteiger partial charge in [-0.1, -0.05) is 19.0 Å². The molecule has 1 amide bonds. The predicted molar refractivity (Wildman–Crippen MR) is 95.7 cm³/mol. The van der Waals surface area contributed by atoms with Crippen molar-refractivity contribution in [3.8, 4) is 0 Å². The average Bonchev–Trinajstić information content (AvgIpc) is 3.29. The Morgan fingerprint density at radius 1 is 1.35 bits per heavy atom. The molecule has 1 aliphatic heterocycles. The van der Waals surface area contributed by atoms with Crippen LogP contribution in [0.1, 0.15) is 61.1 Å². The van der Waals surface area contributed by atoms with Gasteiger partial charge in [0.1, 0.15) is 0 Å². The van der Waals surface area contributed by atoms with Crippen molar-refractivity contribution in [1.29, 1.82) is 0 Å². The SMILES string of the molecule is CC(C)Cc1cc(C(=O)N2CCCCC2c2ccn3nccc3n2)on1. The van der Waals surface area contributed by atoms with E-state index in [2.05, 4.69) is 24.1 Å². The third-order valence-electron chi connectivity index (χ3n) is 4.77. The number of carbonyl (C=O) groups excluding carboxylic acids is 1. The molecule has 0 aromatic carbocycles. The molecule has 4 heterocycles. The first-order valence-electron chi connectivity index (χ1n) is 9.18. The van der Waals surface area contributed by atoms with E-state index in [0.29, 0.717) is 18.2 Å². The van der Waals surface area contributed by atoms with Crippen molar-refractivity contribution in [2.45, 2.75) is 45.6 Å². The second kappa shape index (κ2) is 6.90. The van der Waals surface area contributed by atoms with E-state index in [0.717, 1.165) is 42.7 Å². The fourth-order valence-electron chi connectivity index (χ4n) is 3.56. The van der Waals surface area contributed by atoms with E-state index < -0.39 is 0 Å². The van der Waals surface area contributed by atoms with Crippen molar-refractivity contribution < 1.29 is 9.32 Å². The highest BCUT2D eigenvalue weighted by atomic mass is 16.5. The van der Waals surface area contributed by atoms with Crippen LogP contribution in [0.3, 0.4) is 0 Å². The summed E-state index contributed by atoms with van der Waals surface area (Å²) >= 11 is 0. The smallest absolute Gasteiger partial charge is 0.293 e. The number of nitrogens with zero attached hydrogens (tertiary/aromatic N) is 5. The molecule has 26 heavy (non-hydrogen) atoms. The first kappa shape index (κ1) is 16.8. The molecule has 1 saturated heterocycles. The van der Waals surface area contributed by atoms with Gasteiger partial charge in [-0.3, -0.25) is 4.79 Å². The molecule has 1 atom stereocenters. The van der Waals surface area contributed by atoms with Crippen LogP contribution in [0.5, 0.6) is 0 Å². The maximum Gasteiger partial charge on any atom is 0.293 e. The summed E-state index contributed by atoms with van der Waals surface area (Å²) in [6.07, 6.45) is 7.39. The molecule has 3 aromatic rings. The molecule has 3 aromatic heterocycles. The van der Waals surface area contributed by atoms with Crippen molar-refractivity contribution in [1.82, 2.24) is 24.7 Å². The monoisotopic (exact) mass is 353 g/mol. The molecule has 0 N–H and O–H groups in total. The van der Waals surface area contributed by atoms with E-state index in [1.54, 1.807) is 16.8 Å². The van der Waals surface area contributed by atoms with Crippen molar-refractivity contribution in [2.24, 2.45) is 5.92 Å². The fraction of sp³-hybridized carbons (Fsp3) is 0.474. The fourth-order valence-corrected chi connectivity index (χ4v) is 3.56. The summed E-state index contributed by atoms with van der Waals surface area (Å²) in [7, 11) is 0. The number of likely N-dealkylation sites (tertiary alicyclic amines) is 1. The maximum atomic E-state index is 13.0. The van der Waals surface area contributed by atoms with Crippen molar-refractivity contribution in [3.63, 3.8) is 0 Å². The largest absolute Gasteiger partial charge is 0.351 e. The molecular weight excluding hydrogens is 330 g/mol. The minimum absolute atomic E-state index is 0.0465. The van der Waals surface area contributed by atoms with Crippen molar-refractivity contribution in [3.05, 3.63) is 47.7 Å². The molecule has 0 saturated carbocycles. The Morgan fingerprint density at radius 2 is 2.23 bits per heavy atom. The van der Waals surface area contributed by atoms with Gasteiger partial charge in [-0.05, 0) is 37.7 Å². The second-order valence-corrected chi connectivity index (χ2v) is 7.28. The van der Waals surface area contributed by atoms with Gasteiger partial charge in [0, 0.05) is 24.9 Å². The number of carbonyl (C=O) groups is 1. The quantitative estimate of drug-likeness (QED) is 0.719. The van der Waals surface area contributed by atoms with Gasteiger partial charge in [-0.25, -0.2) is 9.50 Å². The Morgan fingerprint density at radius 3 is 3.08 bits per heavy atom. The van der Waals surface area contributed by atoms with Crippen molar-refractivity contribution >= 4 is 11.6 Å². The molecule has 7 nitrogen and oxygen atoms in total. The lowest BCUT2D eigenvalue weighted by molar-refractivity contribution is 0.0564. The number of hydrogen-bond acceptors (Lipinski definition) is 5. The highest BCUT2D eigenvalue weighted by Crippen LogP contribution is 2.31. The van der Waals surface area contributed by atoms with E-state index in [-0.39, 0.29) is 11.9 Å². The van der Waals surface area contributed by atoms with Gasteiger partial charge in [-0.2, -0.15) is 5.10 Å². The minimum Gasteiger partial charge on any atom is -0.351 e. The Labute approximate surface area is 152 Å². The molecule has 0 aliphatic carbocycles. The number of amides is 1. The average molecular weight is 353 g/mol. The molecule has 1 fully saturated rings. The third kappa shape index (κ3) is 3.21. The Bertz CT molecular complexity index is 913. The topological polar surface area (TPSA) is 76.5 Å². The zero-order valence-electron chi connectivity index (χ0n) is 15.1. The van der Waals surface area contributed by atoms with Gasteiger partial charge in [0.25, 0.3) is 5.91 Å². The predicted octanol–water partition coefficient (Wildman–Crippen LogP) is 3.28. The zero-order chi connectivity index (χ0) is 18.1. The van der Waals surface area contributed by atoms with Crippen LogP contribution in [0.25, 0.3) is 5.65 Å². The lowest BCUT2D eigenvalue weighted by Crippen LogP contribution is -2.38. The maximum absolute atomic E-state index is 13.0. The van der Waals surface area contributed by atoms with E-state index in [1.165, 1.54) is 0 Å². The van der Waals surface area contributed by atoms with Gasteiger partial charge >= 0.3 is 0 Å². The molecule has 0 radical (unpaired) electrons. The molecule has 4 rings (SSSR count). The summed E-state index contributed by atoms with van der Waals surface area (Å²) in [4.78, 5) is 19.6. The minimum atomic E-state index is -0.104. The summed E-state index contributed by atoms with van der Waals surface area (Å²) in [5.41, 5.74) is 2.52. The summed E-state index contributed by atoms with van der Waals surface area (Å²) in [6, 6.07) is 5.55. The number of aromatic nitrogens is 4. The lowest BCUT2D eigenvalue weighted by atomic mass is 9.98. The molecular formula is C19H23N5O2. The molecule has 0 bridgehead atoms. The number of hydrogen-bond donors (Lipinski definition) is 0. The van der Waals surface area contributed by atoms with Crippen LogP contribution in [0, 0.1) is 5.92 Å². The van der Waals surface area contributed by atoms with E-state index in [1.807, 2.05) is 23.2 Å². The van der Waals surface area contributed by atoms with Crippen LogP contribution in [-0.4, -0.2) is 37.1 Å². The van der Waals surface area contributed by atoms with Gasteiger partial charge < -0.3 is 9.42 Å². The summed E-state index contributed by atoms with van der Waals surface area (Å²) < 4.78 is 7.08. The highest BCUT2D eigenvalue weighted by molar-refractivity contribution is 5.91. The summed E-state index contributed by atoms with van der Waals surface area (Å²) in [5.74, 6) is 0.683. The first-order valence-corrected chi connectivity index (χ1v) is 9.18. The van der Waals surface area contributed by atoms with Crippen LogP contribution in [0.2, 0.25) is 0 Å². The van der Waals surface area contributed by atoms with Gasteiger partial charge in [-0.15, -0.1) is 0 Å². The van der Waals surface area contributed by atoms with Crippen LogP contribution in [-0.2, 0) is 6.42 Å². The van der Waals surface area contributed by atoms with Crippen molar-refractivity contribution in [2.75, 3.05) is 6.54 Å². The molecule has 1 aliphatic rings. The van der Waals surface area contributed by atoms with E-state index in [4.69, 9.17) is 9.51 Å². The van der Waals surface area contributed by atoms with Gasteiger partial charge in [0.05, 0.1) is 23.6 Å². The zero-order valence-corrected chi connectivity index (χ0v) is 15.1. The van der Waals surface area contributed by atoms with Crippen LogP contribution in [0.4, 0.5) is 0 Å². The molecule has 0 spiro atoms. The third-order valence-corrected chi connectivity index (χ3v) is 4.77. The van der Waals surface area contributed by atoms with Crippen LogP contribution in [0.15, 0.2) is 35.1 Å². The lowest BCUT2D eigenvalue weighted by Gasteiger charge is -2.34. The number of fused-ring (bicyclic) bond motifs is 1. The number of piperidine rings is 1.